The molecule has 0 amide bonds. The predicted octanol–water partition coefficient (Wildman–Crippen LogP) is 3.77. The van der Waals surface area contributed by atoms with E-state index < -0.39 is 0 Å². The summed E-state index contributed by atoms with van der Waals surface area (Å²) in [6, 6.07) is 13.3. The molecule has 0 unspecified atom stereocenters. The van der Waals surface area contributed by atoms with Gasteiger partial charge in [0.05, 0.1) is 0 Å². The SMILES string of the molecule is CCN(c1cccc(O)c1)c1cc(Br)ccc1CN. The predicted molar refractivity (Wildman–Crippen MR) is 82.8 cm³/mol. The first kappa shape index (κ1) is 13.9. The van der Waals surface area contributed by atoms with Gasteiger partial charge < -0.3 is 15.7 Å². The number of phenolic OH excluding ortho intramolecular Hbond substituents is 1. The van der Waals surface area contributed by atoms with Gasteiger partial charge in [0, 0.05) is 35.0 Å². The Balaban J connectivity index is 2.50. The highest BCUT2D eigenvalue weighted by Gasteiger charge is 2.12. The van der Waals surface area contributed by atoms with E-state index >= 15 is 0 Å². The minimum atomic E-state index is 0.264. The van der Waals surface area contributed by atoms with Gasteiger partial charge in [0.15, 0.2) is 0 Å². The first-order chi connectivity index (χ1) is 9.15. The molecule has 0 aromatic heterocycles. The molecule has 2 rings (SSSR count). The lowest BCUT2D eigenvalue weighted by Gasteiger charge is -2.26. The van der Waals surface area contributed by atoms with E-state index in [1.807, 2.05) is 24.3 Å². The van der Waals surface area contributed by atoms with Crippen LogP contribution in [0.2, 0.25) is 0 Å². The number of nitrogens with zero attached hydrogens (tertiary/aromatic N) is 1. The second-order valence-electron chi connectivity index (χ2n) is 4.24. The van der Waals surface area contributed by atoms with Gasteiger partial charge in [-0.1, -0.05) is 28.1 Å². The highest BCUT2D eigenvalue weighted by Crippen LogP contribution is 2.32. The summed E-state index contributed by atoms with van der Waals surface area (Å²) in [5, 5.41) is 9.62. The zero-order chi connectivity index (χ0) is 13.8. The minimum Gasteiger partial charge on any atom is -0.508 e. The lowest BCUT2D eigenvalue weighted by molar-refractivity contribution is 0.475. The fourth-order valence-corrected chi connectivity index (χ4v) is 2.46. The van der Waals surface area contributed by atoms with Crippen LogP contribution in [0.5, 0.6) is 5.75 Å². The molecular formula is C15H17BrN2O. The zero-order valence-electron chi connectivity index (χ0n) is 10.8. The van der Waals surface area contributed by atoms with E-state index in [2.05, 4.69) is 33.8 Å². The molecule has 0 saturated carbocycles. The Morgan fingerprint density at radius 2 is 2.00 bits per heavy atom. The Hall–Kier alpha value is -1.52. The molecule has 0 bridgehead atoms. The van der Waals surface area contributed by atoms with Crippen molar-refractivity contribution in [2.75, 3.05) is 11.4 Å². The lowest BCUT2D eigenvalue weighted by atomic mass is 10.1. The molecule has 19 heavy (non-hydrogen) atoms. The first-order valence-electron chi connectivity index (χ1n) is 6.20. The molecule has 0 radical (unpaired) electrons. The quantitative estimate of drug-likeness (QED) is 0.901. The molecule has 0 saturated heterocycles. The molecular weight excluding hydrogens is 304 g/mol. The van der Waals surface area contributed by atoms with Crippen LogP contribution in [0.4, 0.5) is 11.4 Å². The van der Waals surface area contributed by atoms with E-state index in [9.17, 15) is 5.11 Å². The highest BCUT2D eigenvalue weighted by molar-refractivity contribution is 9.10. The molecule has 0 aliphatic rings. The fraction of sp³-hybridized carbons (Fsp3) is 0.200. The van der Waals surface area contributed by atoms with Gasteiger partial charge in [0.25, 0.3) is 0 Å². The summed E-state index contributed by atoms with van der Waals surface area (Å²) >= 11 is 3.49. The van der Waals surface area contributed by atoms with Gasteiger partial charge in [-0.05, 0) is 36.8 Å². The van der Waals surface area contributed by atoms with Crippen molar-refractivity contribution < 1.29 is 5.11 Å². The number of phenols is 1. The maximum atomic E-state index is 9.62. The van der Waals surface area contributed by atoms with Gasteiger partial charge in [0.2, 0.25) is 0 Å². The molecule has 0 fully saturated rings. The van der Waals surface area contributed by atoms with E-state index in [4.69, 9.17) is 5.73 Å². The van der Waals surface area contributed by atoms with Crippen molar-refractivity contribution in [3.05, 3.63) is 52.5 Å². The van der Waals surface area contributed by atoms with Crippen LogP contribution in [-0.2, 0) is 6.54 Å². The van der Waals surface area contributed by atoms with Crippen molar-refractivity contribution in [2.45, 2.75) is 13.5 Å². The Morgan fingerprint density at radius 3 is 2.63 bits per heavy atom. The van der Waals surface area contributed by atoms with E-state index in [0.29, 0.717) is 6.54 Å². The number of rotatable bonds is 4. The summed E-state index contributed by atoms with van der Waals surface area (Å²) < 4.78 is 1.01. The second-order valence-corrected chi connectivity index (χ2v) is 5.16. The maximum Gasteiger partial charge on any atom is 0.117 e. The molecule has 3 N–H and O–H groups in total. The zero-order valence-corrected chi connectivity index (χ0v) is 12.4. The molecule has 2 aromatic carbocycles. The van der Waals surface area contributed by atoms with Gasteiger partial charge in [-0.15, -0.1) is 0 Å². The average molecular weight is 321 g/mol. The standard InChI is InChI=1S/C15H17BrN2O/c1-2-18(13-4-3-5-14(19)9-13)15-8-12(16)7-6-11(15)10-17/h3-9,19H,2,10,17H2,1H3. The van der Waals surface area contributed by atoms with Gasteiger partial charge in [0.1, 0.15) is 5.75 Å². The van der Waals surface area contributed by atoms with Crippen molar-refractivity contribution in [1.82, 2.24) is 0 Å². The van der Waals surface area contributed by atoms with Crippen LogP contribution in [0.25, 0.3) is 0 Å². The minimum absolute atomic E-state index is 0.264. The number of aromatic hydroxyl groups is 1. The van der Waals surface area contributed by atoms with E-state index in [1.54, 1.807) is 12.1 Å². The summed E-state index contributed by atoms with van der Waals surface area (Å²) in [5.74, 6) is 0.264. The molecule has 0 aliphatic heterocycles. The van der Waals surface area contributed by atoms with Crippen molar-refractivity contribution in [3.8, 4) is 5.75 Å². The Morgan fingerprint density at radius 1 is 1.21 bits per heavy atom. The van der Waals surface area contributed by atoms with E-state index in [-0.39, 0.29) is 5.75 Å². The van der Waals surface area contributed by atoms with Crippen molar-refractivity contribution in [2.24, 2.45) is 5.73 Å². The third-order valence-corrected chi connectivity index (χ3v) is 3.51. The maximum absolute atomic E-state index is 9.62. The topological polar surface area (TPSA) is 49.5 Å². The summed E-state index contributed by atoms with van der Waals surface area (Å²) in [5.41, 5.74) is 8.90. The summed E-state index contributed by atoms with van der Waals surface area (Å²) in [4.78, 5) is 2.13. The van der Waals surface area contributed by atoms with Crippen LogP contribution < -0.4 is 10.6 Å². The highest BCUT2D eigenvalue weighted by atomic mass is 79.9. The number of halogens is 1. The Bertz CT molecular complexity index is 572. The smallest absolute Gasteiger partial charge is 0.117 e. The molecule has 0 aliphatic carbocycles. The van der Waals surface area contributed by atoms with Crippen LogP contribution in [0, 0.1) is 0 Å². The largest absolute Gasteiger partial charge is 0.508 e. The molecule has 2 aromatic rings. The number of anilines is 2. The van der Waals surface area contributed by atoms with Crippen molar-refractivity contribution >= 4 is 27.3 Å². The normalized spacial score (nSPS) is 10.5. The molecule has 0 spiro atoms. The summed E-state index contributed by atoms with van der Waals surface area (Å²) in [6.07, 6.45) is 0. The van der Waals surface area contributed by atoms with Gasteiger partial charge >= 0.3 is 0 Å². The van der Waals surface area contributed by atoms with Crippen molar-refractivity contribution in [1.29, 1.82) is 0 Å². The number of nitrogens with two attached hydrogens (primary N) is 1. The number of benzene rings is 2. The first-order valence-corrected chi connectivity index (χ1v) is 7.00. The Kier molecular flexibility index (Phi) is 4.45. The van der Waals surface area contributed by atoms with E-state index in [1.165, 1.54) is 0 Å². The molecule has 3 nitrogen and oxygen atoms in total. The third-order valence-electron chi connectivity index (χ3n) is 3.02. The third kappa shape index (κ3) is 3.08. The number of hydrogen-bond donors (Lipinski definition) is 2. The van der Waals surface area contributed by atoms with Crippen LogP contribution >= 0.6 is 15.9 Å². The van der Waals surface area contributed by atoms with Gasteiger partial charge in [-0.2, -0.15) is 0 Å². The van der Waals surface area contributed by atoms with Crippen molar-refractivity contribution in [3.63, 3.8) is 0 Å². The second kappa shape index (κ2) is 6.08. The summed E-state index contributed by atoms with van der Waals surface area (Å²) in [7, 11) is 0. The van der Waals surface area contributed by atoms with Crippen LogP contribution in [0.3, 0.4) is 0 Å². The number of hydrogen-bond acceptors (Lipinski definition) is 3. The van der Waals surface area contributed by atoms with Gasteiger partial charge in [-0.3, -0.25) is 0 Å². The molecule has 4 heteroatoms. The molecule has 100 valence electrons. The molecule has 0 atom stereocenters. The van der Waals surface area contributed by atoms with Crippen LogP contribution in [0.1, 0.15) is 12.5 Å². The monoisotopic (exact) mass is 320 g/mol. The van der Waals surface area contributed by atoms with Crippen LogP contribution in [0.15, 0.2) is 46.9 Å². The van der Waals surface area contributed by atoms with E-state index in [0.717, 1.165) is 28.0 Å². The summed E-state index contributed by atoms with van der Waals surface area (Å²) in [6.45, 7) is 3.36. The van der Waals surface area contributed by atoms with Crippen LogP contribution in [-0.4, -0.2) is 11.7 Å². The fourth-order valence-electron chi connectivity index (χ4n) is 2.11. The Labute approximate surface area is 121 Å². The van der Waals surface area contributed by atoms with Gasteiger partial charge in [-0.25, -0.2) is 0 Å². The lowest BCUT2D eigenvalue weighted by Crippen LogP contribution is -2.18. The average Bonchev–Trinajstić information content (AvgIpc) is 2.40. The molecule has 0 heterocycles.